The number of carbonyl (C=O) groups is 2. The largest absolute Gasteiger partial charge is 0.462 e. The third kappa shape index (κ3) is 36.9. The third-order valence-electron chi connectivity index (χ3n) is 8.73. The molecule has 6 nitrogen and oxygen atoms in total. The van der Waals surface area contributed by atoms with E-state index in [1.54, 1.807) is 6.08 Å². The molecule has 0 saturated carbocycles. The summed E-state index contributed by atoms with van der Waals surface area (Å²) in [6.45, 7) is 3.95. The van der Waals surface area contributed by atoms with E-state index in [0.29, 0.717) is 19.3 Å². The lowest BCUT2D eigenvalue weighted by Gasteiger charge is -2.16. The number of ether oxygens (including phenoxy) is 2. The highest BCUT2D eigenvalue weighted by Crippen LogP contribution is 2.15. The number of esters is 2. The Morgan fingerprint density at radius 3 is 1.63 bits per heavy atom. The molecule has 0 aromatic carbocycles. The Labute approximate surface area is 301 Å². The van der Waals surface area contributed by atoms with Crippen LogP contribution in [0.2, 0.25) is 0 Å². The van der Waals surface area contributed by atoms with E-state index >= 15 is 0 Å². The van der Waals surface area contributed by atoms with E-state index in [9.17, 15) is 19.8 Å². The average molecular weight is 689 g/mol. The summed E-state index contributed by atoms with van der Waals surface area (Å²) in [4.78, 5) is 24.3. The maximum absolute atomic E-state index is 12.2. The number of rotatable bonds is 36. The quantitative estimate of drug-likeness (QED) is 0.0294. The van der Waals surface area contributed by atoms with Crippen molar-refractivity contribution in [2.24, 2.45) is 0 Å². The molecule has 0 aliphatic carbocycles. The summed E-state index contributed by atoms with van der Waals surface area (Å²) in [7, 11) is 0. The molecule has 2 atom stereocenters. The Bertz CT molecular complexity index is 845. The third-order valence-corrected chi connectivity index (χ3v) is 8.73. The van der Waals surface area contributed by atoms with Crippen LogP contribution in [-0.2, 0) is 19.1 Å². The molecule has 0 saturated heterocycles. The number of carbonyl (C=O) groups excluding carboxylic acids is 2. The predicted octanol–water partition coefficient (Wildman–Crippen LogP) is 11.6. The van der Waals surface area contributed by atoms with Gasteiger partial charge in [-0.3, -0.25) is 9.59 Å². The number of unbranched alkanes of at least 4 members (excludes halogenated alkanes) is 19. The second-order valence-corrected chi connectivity index (χ2v) is 13.6. The van der Waals surface area contributed by atoms with Gasteiger partial charge in [-0.05, 0) is 44.9 Å². The first kappa shape index (κ1) is 46.8. The summed E-state index contributed by atoms with van der Waals surface area (Å²) >= 11 is 0. The van der Waals surface area contributed by atoms with Crippen molar-refractivity contribution in [2.75, 3.05) is 13.2 Å². The molecule has 0 spiro atoms. The highest BCUT2D eigenvalue weighted by atomic mass is 16.6. The molecule has 0 aliphatic heterocycles. The molecule has 284 valence electrons. The van der Waals surface area contributed by atoms with Crippen molar-refractivity contribution < 1.29 is 29.3 Å². The lowest BCUT2D eigenvalue weighted by molar-refractivity contribution is -0.161. The zero-order chi connectivity index (χ0) is 35.9. The van der Waals surface area contributed by atoms with Gasteiger partial charge in [0, 0.05) is 12.8 Å². The van der Waals surface area contributed by atoms with Crippen LogP contribution >= 0.6 is 0 Å². The normalized spacial score (nSPS) is 13.3. The Kier molecular flexibility index (Phi) is 36.9. The first-order chi connectivity index (χ1) is 24.0. The van der Waals surface area contributed by atoms with Gasteiger partial charge in [-0.25, -0.2) is 0 Å². The Hall–Kier alpha value is -2.18. The fraction of sp³-hybridized carbons (Fsp3) is 0.767. The van der Waals surface area contributed by atoms with Gasteiger partial charge >= 0.3 is 11.9 Å². The fourth-order valence-corrected chi connectivity index (χ4v) is 5.60. The minimum absolute atomic E-state index is 0.127. The Morgan fingerprint density at radius 1 is 0.571 bits per heavy atom. The number of hydrogen-bond donors (Lipinski definition) is 2. The van der Waals surface area contributed by atoms with Crippen LogP contribution in [0.4, 0.5) is 0 Å². The summed E-state index contributed by atoms with van der Waals surface area (Å²) in [5, 5.41) is 19.7. The summed E-state index contributed by atoms with van der Waals surface area (Å²) in [5.74, 6) is -0.789. The summed E-state index contributed by atoms with van der Waals surface area (Å²) in [6.07, 6.45) is 44.9. The molecular weight excluding hydrogens is 612 g/mol. The molecule has 0 aromatic rings. The maximum Gasteiger partial charge on any atom is 0.306 e. The molecule has 0 aliphatic rings. The topological polar surface area (TPSA) is 93.1 Å². The standard InChI is InChI=1S/C43H76O6/c1-3-5-7-9-11-13-15-17-18-19-20-22-24-26-28-30-32-36-42(46)48-39-41(38-44)49-43(47)37-33-35-40(45)34-31-29-27-25-23-21-16-14-12-10-8-6-4-2/h12,14,21,23,27,29,31,34,40-41,44-45H,3-11,13,15-20,22,24-26,28,30,32-33,35-39H2,1-2H3/b14-12-,23-21-,29-27-,34-31+/t40-,41-/m0/s1. The van der Waals surface area contributed by atoms with Gasteiger partial charge in [0.1, 0.15) is 6.61 Å². The number of aliphatic hydroxyl groups is 2. The molecule has 49 heavy (non-hydrogen) atoms. The van der Waals surface area contributed by atoms with Gasteiger partial charge < -0.3 is 19.7 Å². The van der Waals surface area contributed by atoms with Crippen molar-refractivity contribution in [3.63, 3.8) is 0 Å². The molecule has 0 bridgehead atoms. The molecule has 2 N–H and O–H groups in total. The number of hydrogen-bond acceptors (Lipinski definition) is 6. The first-order valence-corrected chi connectivity index (χ1v) is 20.3. The number of aliphatic hydroxyl groups excluding tert-OH is 2. The van der Waals surface area contributed by atoms with Gasteiger partial charge in [0.25, 0.3) is 0 Å². The van der Waals surface area contributed by atoms with Crippen LogP contribution < -0.4 is 0 Å². The molecule has 0 unspecified atom stereocenters. The first-order valence-electron chi connectivity index (χ1n) is 20.3. The summed E-state index contributed by atoms with van der Waals surface area (Å²) in [5.41, 5.74) is 0. The lowest BCUT2D eigenvalue weighted by atomic mass is 10.0. The van der Waals surface area contributed by atoms with E-state index < -0.39 is 24.8 Å². The molecular formula is C43H76O6. The molecule has 6 heteroatoms. The molecule has 0 fully saturated rings. The maximum atomic E-state index is 12.2. The highest BCUT2D eigenvalue weighted by molar-refractivity contribution is 5.70. The van der Waals surface area contributed by atoms with Crippen LogP contribution in [0.5, 0.6) is 0 Å². The van der Waals surface area contributed by atoms with Crippen LogP contribution in [0, 0.1) is 0 Å². The van der Waals surface area contributed by atoms with Gasteiger partial charge in [0.05, 0.1) is 12.7 Å². The monoisotopic (exact) mass is 689 g/mol. The molecule has 0 rings (SSSR count). The summed E-state index contributed by atoms with van der Waals surface area (Å²) < 4.78 is 10.5. The minimum atomic E-state index is -0.863. The van der Waals surface area contributed by atoms with Gasteiger partial charge in [-0.15, -0.1) is 0 Å². The molecule has 0 amide bonds. The van der Waals surface area contributed by atoms with E-state index in [-0.39, 0.29) is 19.0 Å². The smallest absolute Gasteiger partial charge is 0.306 e. The molecule has 0 aromatic heterocycles. The van der Waals surface area contributed by atoms with Gasteiger partial charge in [-0.1, -0.05) is 178 Å². The van der Waals surface area contributed by atoms with E-state index in [0.717, 1.165) is 38.5 Å². The van der Waals surface area contributed by atoms with Crippen molar-refractivity contribution in [1.29, 1.82) is 0 Å². The van der Waals surface area contributed by atoms with Crippen molar-refractivity contribution in [2.45, 2.75) is 199 Å². The van der Waals surface area contributed by atoms with Crippen LogP contribution in [0.25, 0.3) is 0 Å². The van der Waals surface area contributed by atoms with Gasteiger partial charge in [-0.2, -0.15) is 0 Å². The summed E-state index contributed by atoms with van der Waals surface area (Å²) in [6, 6.07) is 0. The van der Waals surface area contributed by atoms with Crippen molar-refractivity contribution in [1.82, 2.24) is 0 Å². The zero-order valence-corrected chi connectivity index (χ0v) is 31.8. The Balaban J connectivity index is 3.73. The predicted molar refractivity (Wildman–Crippen MR) is 206 cm³/mol. The van der Waals surface area contributed by atoms with Crippen LogP contribution in [0.3, 0.4) is 0 Å². The Morgan fingerprint density at radius 2 is 1.06 bits per heavy atom. The highest BCUT2D eigenvalue weighted by Gasteiger charge is 2.16. The lowest BCUT2D eigenvalue weighted by Crippen LogP contribution is -2.28. The fourth-order valence-electron chi connectivity index (χ4n) is 5.60. The van der Waals surface area contributed by atoms with E-state index in [1.807, 2.05) is 18.2 Å². The average Bonchev–Trinajstić information content (AvgIpc) is 3.10. The van der Waals surface area contributed by atoms with E-state index in [2.05, 4.69) is 38.2 Å². The van der Waals surface area contributed by atoms with Gasteiger partial charge in [0.15, 0.2) is 6.10 Å². The van der Waals surface area contributed by atoms with E-state index in [4.69, 9.17) is 9.47 Å². The van der Waals surface area contributed by atoms with Crippen molar-refractivity contribution in [3.05, 3.63) is 48.6 Å². The second-order valence-electron chi connectivity index (χ2n) is 13.6. The van der Waals surface area contributed by atoms with Crippen LogP contribution in [0.15, 0.2) is 48.6 Å². The van der Waals surface area contributed by atoms with Crippen molar-refractivity contribution >= 4 is 11.9 Å². The van der Waals surface area contributed by atoms with Crippen LogP contribution in [0.1, 0.15) is 187 Å². The van der Waals surface area contributed by atoms with E-state index in [1.165, 1.54) is 109 Å². The molecule has 0 heterocycles. The number of allylic oxidation sites excluding steroid dienone is 7. The van der Waals surface area contributed by atoms with Gasteiger partial charge in [0.2, 0.25) is 0 Å². The minimum Gasteiger partial charge on any atom is -0.462 e. The second kappa shape index (κ2) is 38.6. The van der Waals surface area contributed by atoms with Crippen molar-refractivity contribution in [3.8, 4) is 0 Å². The SMILES string of the molecule is CCCCC/C=C\C/C=C\C/C=C\C=C\[C@H](O)CCCC(=O)O[C@@H](CO)COC(=O)CCCCCCCCCCCCCCCCCCC. The zero-order valence-electron chi connectivity index (χ0n) is 31.8. The van der Waals surface area contributed by atoms with Crippen LogP contribution in [-0.4, -0.2) is 47.6 Å². The molecule has 0 radical (unpaired) electrons.